The van der Waals surface area contributed by atoms with E-state index >= 15 is 0 Å². The van der Waals surface area contributed by atoms with Gasteiger partial charge in [-0.3, -0.25) is 10.1 Å². The molecule has 11 heavy (non-hydrogen) atoms. The number of rotatable bonds is 4. The highest BCUT2D eigenvalue weighted by molar-refractivity contribution is 4.67. The van der Waals surface area contributed by atoms with E-state index in [9.17, 15) is 10.1 Å². The van der Waals surface area contributed by atoms with Gasteiger partial charge in [0, 0.05) is 18.0 Å². The van der Waals surface area contributed by atoms with Crippen LogP contribution in [-0.4, -0.2) is 24.2 Å². The van der Waals surface area contributed by atoms with Crippen LogP contribution in [0.1, 0.15) is 20.8 Å². The number of ether oxygens (including phenoxy) is 1. The number of nitrogens with zero attached hydrogens (tertiary/aromatic N) is 1. The molecule has 66 valence electrons. The summed E-state index contributed by atoms with van der Waals surface area (Å²) in [5, 5.41) is 10.5. The Labute approximate surface area is 66.7 Å². The van der Waals surface area contributed by atoms with Gasteiger partial charge >= 0.3 is 0 Å². The molecule has 0 amide bonds. The molecule has 0 aliphatic heterocycles. The topological polar surface area (TPSA) is 52.4 Å². The lowest BCUT2D eigenvalue weighted by atomic mass is 10.0. The van der Waals surface area contributed by atoms with Crippen molar-refractivity contribution < 1.29 is 9.66 Å². The molecule has 4 heteroatoms. The number of hydrogen-bond donors (Lipinski definition) is 0. The lowest BCUT2D eigenvalue weighted by Crippen LogP contribution is -2.37. The lowest BCUT2D eigenvalue weighted by Gasteiger charge is -2.18. The van der Waals surface area contributed by atoms with E-state index in [2.05, 4.69) is 0 Å². The Bertz CT molecular complexity index is 136. The molecule has 0 fully saturated rings. The minimum Gasteiger partial charge on any atom is -0.375 e. The van der Waals surface area contributed by atoms with Gasteiger partial charge in [-0.05, 0) is 6.92 Å². The Morgan fingerprint density at radius 2 is 1.82 bits per heavy atom. The average molecular weight is 161 g/mol. The zero-order chi connectivity index (χ0) is 9.02. The molecule has 0 heterocycles. The highest BCUT2D eigenvalue weighted by Crippen LogP contribution is 2.11. The van der Waals surface area contributed by atoms with Crippen LogP contribution in [0.4, 0.5) is 0 Å². The molecule has 0 aliphatic rings. The molecule has 2 atom stereocenters. The van der Waals surface area contributed by atoms with E-state index in [4.69, 9.17) is 4.74 Å². The molecule has 0 N–H and O–H groups in total. The molecule has 0 aromatic carbocycles. The first kappa shape index (κ1) is 10.4. The molecule has 0 saturated carbocycles. The summed E-state index contributed by atoms with van der Waals surface area (Å²) >= 11 is 0. The smallest absolute Gasteiger partial charge is 0.240 e. The summed E-state index contributed by atoms with van der Waals surface area (Å²) in [6, 6.07) is -0.597. The summed E-state index contributed by atoms with van der Waals surface area (Å²) in [5.74, 6) is 0.0138. The summed E-state index contributed by atoms with van der Waals surface area (Å²) in [6.45, 7) is 5.36. The zero-order valence-electron chi connectivity index (χ0n) is 7.40. The van der Waals surface area contributed by atoms with Crippen molar-refractivity contribution in [1.29, 1.82) is 0 Å². The van der Waals surface area contributed by atoms with Crippen molar-refractivity contribution >= 4 is 0 Å². The zero-order valence-corrected chi connectivity index (χ0v) is 7.40. The third-order valence-electron chi connectivity index (χ3n) is 1.78. The lowest BCUT2D eigenvalue weighted by molar-refractivity contribution is -0.542. The van der Waals surface area contributed by atoms with Gasteiger partial charge in [0.15, 0.2) is 0 Å². The molecular weight excluding hydrogens is 146 g/mol. The minimum atomic E-state index is -0.597. The quantitative estimate of drug-likeness (QED) is 0.461. The van der Waals surface area contributed by atoms with Crippen LogP contribution < -0.4 is 0 Å². The van der Waals surface area contributed by atoms with Crippen LogP contribution in [0, 0.1) is 16.0 Å². The van der Waals surface area contributed by atoms with Crippen molar-refractivity contribution in [1.82, 2.24) is 0 Å². The van der Waals surface area contributed by atoms with Crippen LogP contribution in [0.5, 0.6) is 0 Å². The van der Waals surface area contributed by atoms with E-state index in [1.54, 1.807) is 6.92 Å². The van der Waals surface area contributed by atoms with E-state index in [0.29, 0.717) is 0 Å². The standard InChI is InChI=1S/C7H15NO3/c1-5(2)7(8(9)10)6(3)11-4/h5-7H,1-4H3/t6-,7-/m0/s1. The first-order chi connectivity index (χ1) is 5.00. The second-order valence-electron chi connectivity index (χ2n) is 2.96. The summed E-state index contributed by atoms with van der Waals surface area (Å²) in [4.78, 5) is 10.2. The number of nitro groups is 1. The average Bonchev–Trinajstić information content (AvgIpc) is 1.85. The van der Waals surface area contributed by atoms with Gasteiger partial charge in [0.25, 0.3) is 0 Å². The first-order valence-corrected chi connectivity index (χ1v) is 3.67. The van der Waals surface area contributed by atoms with Crippen molar-refractivity contribution in [3.05, 3.63) is 10.1 Å². The molecule has 4 nitrogen and oxygen atoms in total. The Balaban J connectivity index is 4.21. The SMILES string of the molecule is CO[C@@H](C)[C@H](C(C)C)[N+](=O)[O-]. The number of methoxy groups -OCH3 is 1. The van der Waals surface area contributed by atoms with Crippen LogP contribution in [0.25, 0.3) is 0 Å². The van der Waals surface area contributed by atoms with Gasteiger partial charge < -0.3 is 4.74 Å². The molecule has 0 saturated heterocycles. The van der Waals surface area contributed by atoms with Crippen LogP contribution in [0.3, 0.4) is 0 Å². The van der Waals surface area contributed by atoms with Crippen molar-refractivity contribution in [3.63, 3.8) is 0 Å². The Morgan fingerprint density at radius 1 is 1.36 bits per heavy atom. The van der Waals surface area contributed by atoms with Gasteiger partial charge in [-0.25, -0.2) is 0 Å². The second-order valence-corrected chi connectivity index (χ2v) is 2.96. The predicted molar refractivity (Wildman–Crippen MR) is 42.1 cm³/mol. The fourth-order valence-corrected chi connectivity index (χ4v) is 1.10. The van der Waals surface area contributed by atoms with Crippen molar-refractivity contribution in [2.24, 2.45) is 5.92 Å². The van der Waals surface area contributed by atoms with Crippen LogP contribution >= 0.6 is 0 Å². The molecule has 0 bridgehead atoms. The van der Waals surface area contributed by atoms with Crippen LogP contribution in [-0.2, 0) is 4.74 Å². The van der Waals surface area contributed by atoms with Crippen molar-refractivity contribution in [2.45, 2.75) is 32.9 Å². The highest BCUT2D eigenvalue weighted by Gasteiger charge is 2.31. The maximum absolute atomic E-state index is 10.5. The summed E-state index contributed by atoms with van der Waals surface area (Å²) in [6.07, 6.45) is -0.315. The predicted octanol–water partition coefficient (Wildman–Crippen LogP) is 1.32. The molecule has 0 radical (unpaired) electrons. The Hall–Kier alpha value is -0.640. The maximum Gasteiger partial charge on any atom is 0.240 e. The monoisotopic (exact) mass is 161 g/mol. The Morgan fingerprint density at radius 3 is 1.91 bits per heavy atom. The molecular formula is C7H15NO3. The largest absolute Gasteiger partial charge is 0.375 e. The van der Waals surface area contributed by atoms with E-state index in [-0.39, 0.29) is 16.9 Å². The Kier molecular flexibility index (Phi) is 4.03. The van der Waals surface area contributed by atoms with Crippen LogP contribution in [0.2, 0.25) is 0 Å². The van der Waals surface area contributed by atoms with Gasteiger partial charge in [0.05, 0.1) is 0 Å². The van der Waals surface area contributed by atoms with Crippen molar-refractivity contribution in [2.75, 3.05) is 7.11 Å². The van der Waals surface area contributed by atoms with Crippen molar-refractivity contribution in [3.8, 4) is 0 Å². The third kappa shape index (κ3) is 2.84. The van der Waals surface area contributed by atoms with E-state index in [1.807, 2.05) is 13.8 Å². The van der Waals surface area contributed by atoms with E-state index < -0.39 is 6.04 Å². The number of hydrogen-bond acceptors (Lipinski definition) is 3. The van der Waals surface area contributed by atoms with Gasteiger partial charge in [0.2, 0.25) is 6.04 Å². The van der Waals surface area contributed by atoms with Gasteiger partial charge in [-0.1, -0.05) is 13.8 Å². The molecule has 0 spiro atoms. The van der Waals surface area contributed by atoms with Crippen LogP contribution in [0.15, 0.2) is 0 Å². The van der Waals surface area contributed by atoms with Gasteiger partial charge in [-0.15, -0.1) is 0 Å². The molecule has 0 unspecified atom stereocenters. The normalized spacial score (nSPS) is 16.5. The molecule has 0 aromatic rings. The summed E-state index contributed by atoms with van der Waals surface area (Å²) in [5.41, 5.74) is 0. The molecule has 0 aromatic heterocycles. The highest BCUT2D eigenvalue weighted by atomic mass is 16.6. The second kappa shape index (κ2) is 4.28. The summed E-state index contributed by atoms with van der Waals surface area (Å²) in [7, 11) is 1.49. The fraction of sp³-hybridized carbons (Fsp3) is 1.00. The third-order valence-corrected chi connectivity index (χ3v) is 1.78. The fourth-order valence-electron chi connectivity index (χ4n) is 1.10. The van der Waals surface area contributed by atoms with E-state index in [1.165, 1.54) is 7.11 Å². The minimum absolute atomic E-state index is 0.0138. The molecule has 0 aliphatic carbocycles. The van der Waals surface area contributed by atoms with E-state index in [0.717, 1.165) is 0 Å². The van der Waals surface area contributed by atoms with Gasteiger partial charge in [0.1, 0.15) is 6.10 Å². The molecule has 0 rings (SSSR count). The summed E-state index contributed by atoms with van der Waals surface area (Å²) < 4.78 is 4.89. The van der Waals surface area contributed by atoms with Gasteiger partial charge in [-0.2, -0.15) is 0 Å². The maximum atomic E-state index is 10.5. The first-order valence-electron chi connectivity index (χ1n) is 3.67.